The first-order valence-corrected chi connectivity index (χ1v) is 4.33. The summed E-state index contributed by atoms with van der Waals surface area (Å²) in [5.74, 6) is 5.35. The van der Waals surface area contributed by atoms with Crippen LogP contribution < -0.4 is 5.32 Å². The van der Waals surface area contributed by atoms with Gasteiger partial charge >= 0.3 is 0 Å². The molecule has 3 nitrogen and oxygen atoms in total. The Labute approximate surface area is 81.8 Å². The minimum atomic E-state index is -0.162. The third-order valence-corrected chi connectivity index (χ3v) is 2.15. The van der Waals surface area contributed by atoms with Gasteiger partial charge in [0.1, 0.15) is 6.61 Å². The summed E-state index contributed by atoms with van der Waals surface area (Å²) in [4.78, 5) is 11.3. The first kappa shape index (κ1) is 8.79. The van der Waals surface area contributed by atoms with Crippen LogP contribution in [0.4, 0.5) is 0 Å². The van der Waals surface area contributed by atoms with Crippen LogP contribution in [0.25, 0.3) is 0 Å². The lowest BCUT2D eigenvalue weighted by molar-refractivity contribution is 0.0966. The van der Waals surface area contributed by atoms with Crippen LogP contribution in [0.3, 0.4) is 0 Å². The summed E-state index contributed by atoms with van der Waals surface area (Å²) in [7, 11) is 0. The van der Waals surface area contributed by atoms with Crippen molar-refractivity contribution < 1.29 is 9.90 Å². The molecule has 1 aliphatic rings. The average molecular weight is 187 g/mol. The van der Waals surface area contributed by atoms with Crippen molar-refractivity contribution in [1.29, 1.82) is 0 Å². The van der Waals surface area contributed by atoms with Crippen molar-refractivity contribution in [2.45, 2.75) is 6.54 Å². The molecule has 0 unspecified atom stereocenters. The maximum atomic E-state index is 11.3. The van der Waals surface area contributed by atoms with Gasteiger partial charge < -0.3 is 10.4 Å². The molecule has 0 aliphatic carbocycles. The molecule has 0 fully saturated rings. The molecule has 0 bridgehead atoms. The Morgan fingerprint density at radius 1 is 1.50 bits per heavy atom. The molecule has 3 heteroatoms. The molecule has 1 heterocycles. The number of rotatable bonds is 0. The van der Waals surface area contributed by atoms with E-state index < -0.39 is 0 Å². The molecule has 0 saturated carbocycles. The van der Waals surface area contributed by atoms with Crippen LogP contribution in [-0.2, 0) is 6.54 Å². The highest BCUT2D eigenvalue weighted by Gasteiger charge is 2.20. The Kier molecular flexibility index (Phi) is 2.21. The zero-order valence-electron chi connectivity index (χ0n) is 7.50. The summed E-state index contributed by atoms with van der Waals surface area (Å²) >= 11 is 0. The second kappa shape index (κ2) is 3.52. The van der Waals surface area contributed by atoms with E-state index in [1.54, 1.807) is 12.1 Å². The quantitative estimate of drug-likeness (QED) is 0.573. The van der Waals surface area contributed by atoms with E-state index in [-0.39, 0.29) is 12.5 Å². The largest absolute Gasteiger partial charge is 0.384 e. The molecule has 0 aromatic heterocycles. The van der Waals surface area contributed by atoms with Crippen LogP contribution in [0.15, 0.2) is 18.2 Å². The number of benzene rings is 1. The van der Waals surface area contributed by atoms with Crippen molar-refractivity contribution >= 4 is 5.91 Å². The molecule has 70 valence electrons. The summed E-state index contributed by atoms with van der Waals surface area (Å²) in [6, 6.07) is 5.43. The van der Waals surface area contributed by atoms with Crippen molar-refractivity contribution in [3.8, 4) is 11.8 Å². The Morgan fingerprint density at radius 2 is 2.36 bits per heavy atom. The number of fused-ring (bicyclic) bond motifs is 1. The van der Waals surface area contributed by atoms with Crippen molar-refractivity contribution in [1.82, 2.24) is 5.32 Å². The summed E-state index contributed by atoms with van der Waals surface area (Å²) in [5.41, 5.74) is 2.43. The van der Waals surface area contributed by atoms with E-state index in [2.05, 4.69) is 17.2 Å². The lowest BCUT2D eigenvalue weighted by atomic mass is 10.0. The molecule has 1 aliphatic heterocycles. The van der Waals surface area contributed by atoms with Crippen LogP contribution in [0.1, 0.15) is 21.5 Å². The van der Waals surface area contributed by atoms with Crippen LogP contribution >= 0.6 is 0 Å². The normalized spacial score (nSPS) is 12.8. The predicted molar refractivity (Wildman–Crippen MR) is 51.6 cm³/mol. The van der Waals surface area contributed by atoms with Crippen LogP contribution in [-0.4, -0.2) is 17.6 Å². The van der Waals surface area contributed by atoms with Crippen LogP contribution in [0, 0.1) is 11.8 Å². The summed E-state index contributed by atoms with van der Waals surface area (Å²) < 4.78 is 0. The van der Waals surface area contributed by atoms with Gasteiger partial charge in [-0.2, -0.15) is 0 Å². The minimum Gasteiger partial charge on any atom is -0.384 e. The van der Waals surface area contributed by atoms with Crippen molar-refractivity contribution in [3.05, 3.63) is 34.9 Å². The molecular formula is C11H9NO2. The van der Waals surface area contributed by atoms with Crippen LogP contribution in [0.5, 0.6) is 0 Å². The molecule has 14 heavy (non-hydrogen) atoms. The number of hydrogen-bond donors (Lipinski definition) is 2. The van der Waals surface area contributed by atoms with Gasteiger partial charge in [-0.15, -0.1) is 0 Å². The van der Waals surface area contributed by atoms with Crippen molar-refractivity contribution in [3.63, 3.8) is 0 Å². The Hall–Kier alpha value is -1.79. The Balaban J connectivity index is 2.49. The van der Waals surface area contributed by atoms with Gasteiger partial charge in [0.2, 0.25) is 0 Å². The smallest absolute Gasteiger partial charge is 0.251 e. The minimum absolute atomic E-state index is 0.0485. The molecule has 2 rings (SSSR count). The molecule has 0 saturated heterocycles. The van der Waals surface area contributed by atoms with E-state index in [0.29, 0.717) is 12.1 Å². The molecular weight excluding hydrogens is 178 g/mol. The number of carbonyl (C=O) groups excluding carboxylic acids is 1. The second-order valence-electron chi connectivity index (χ2n) is 2.97. The zero-order chi connectivity index (χ0) is 9.97. The van der Waals surface area contributed by atoms with Crippen molar-refractivity contribution in [2.75, 3.05) is 6.61 Å². The number of nitrogens with one attached hydrogen (secondary N) is 1. The number of aliphatic hydroxyl groups is 1. The monoisotopic (exact) mass is 187 g/mol. The lowest BCUT2D eigenvalue weighted by Crippen LogP contribution is -2.12. The maximum Gasteiger partial charge on any atom is 0.251 e. The first-order valence-electron chi connectivity index (χ1n) is 4.33. The zero-order valence-corrected chi connectivity index (χ0v) is 7.50. The lowest BCUT2D eigenvalue weighted by Gasteiger charge is -1.97. The number of carbonyl (C=O) groups is 1. The highest BCUT2D eigenvalue weighted by molar-refractivity contribution is 5.98. The fraction of sp³-hybridized carbons (Fsp3) is 0.182. The topological polar surface area (TPSA) is 49.3 Å². The molecule has 0 atom stereocenters. The average Bonchev–Trinajstić information content (AvgIpc) is 2.58. The first-order chi connectivity index (χ1) is 6.83. The molecule has 0 spiro atoms. The van der Waals surface area contributed by atoms with E-state index in [9.17, 15) is 4.79 Å². The van der Waals surface area contributed by atoms with E-state index in [4.69, 9.17) is 5.11 Å². The van der Waals surface area contributed by atoms with E-state index in [1.807, 2.05) is 6.07 Å². The van der Waals surface area contributed by atoms with E-state index in [1.165, 1.54) is 0 Å². The standard InChI is InChI=1S/C11H9NO2/c13-6-2-4-8-3-1-5-9-10(8)7-12-11(9)14/h1,3,5,13H,6-7H2,(H,12,14). The van der Waals surface area contributed by atoms with Gasteiger partial charge in [-0.05, 0) is 17.7 Å². The number of hydrogen-bond acceptors (Lipinski definition) is 2. The van der Waals surface area contributed by atoms with Gasteiger partial charge in [0.05, 0.1) is 0 Å². The van der Waals surface area contributed by atoms with Gasteiger partial charge in [-0.3, -0.25) is 4.79 Å². The number of amides is 1. The van der Waals surface area contributed by atoms with Gasteiger partial charge in [-0.1, -0.05) is 17.9 Å². The third-order valence-electron chi connectivity index (χ3n) is 2.15. The summed E-state index contributed by atoms with van der Waals surface area (Å²) in [6.45, 7) is 0.371. The SMILES string of the molecule is O=C1NCc2c(C#CCO)cccc21. The third kappa shape index (κ3) is 1.36. The maximum absolute atomic E-state index is 11.3. The Bertz CT molecular complexity index is 440. The predicted octanol–water partition coefficient (Wildman–Crippen LogP) is 0.274. The molecule has 2 N–H and O–H groups in total. The summed E-state index contributed by atoms with van der Waals surface area (Å²) in [5, 5.41) is 11.3. The molecule has 0 radical (unpaired) electrons. The molecule has 1 amide bonds. The Morgan fingerprint density at radius 3 is 3.14 bits per heavy atom. The van der Waals surface area contributed by atoms with E-state index >= 15 is 0 Å². The highest BCUT2D eigenvalue weighted by atomic mass is 16.2. The fourth-order valence-corrected chi connectivity index (χ4v) is 1.51. The van der Waals surface area contributed by atoms with Gasteiger partial charge in [-0.25, -0.2) is 0 Å². The molecule has 1 aromatic rings. The van der Waals surface area contributed by atoms with Crippen molar-refractivity contribution in [2.24, 2.45) is 0 Å². The fourth-order valence-electron chi connectivity index (χ4n) is 1.51. The van der Waals surface area contributed by atoms with E-state index in [0.717, 1.165) is 11.1 Å². The van der Waals surface area contributed by atoms with Gasteiger partial charge in [0, 0.05) is 17.7 Å². The van der Waals surface area contributed by atoms with Gasteiger partial charge in [0.15, 0.2) is 0 Å². The second-order valence-corrected chi connectivity index (χ2v) is 2.97. The van der Waals surface area contributed by atoms with Crippen LogP contribution in [0.2, 0.25) is 0 Å². The molecule has 1 aromatic carbocycles. The van der Waals surface area contributed by atoms with Gasteiger partial charge in [0.25, 0.3) is 5.91 Å². The summed E-state index contributed by atoms with van der Waals surface area (Å²) in [6.07, 6.45) is 0. The number of aliphatic hydroxyl groups excluding tert-OH is 1. The highest BCUT2D eigenvalue weighted by Crippen LogP contribution is 2.18.